The minimum absolute atomic E-state index is 0.103. The van der Waals surface area contributed by atoms with Crippen LogP contribution < -0.4 is 10.6 Å². The van der Waals surface area contributed by atoms with Crippen LogP contribution >= 0.6 is 0 Å². The SMILES string of the molecule is CC(NC(=O)c1cc(Nc2ccc(F)c(F)c2F)ccn1)c1ccccc1. The van der Waals surface area contributed by atoms with Gasteiger partial charge < -0.3 is 10.6 Å². The third-order valence-electron chi connectivity index (χ3n) is 3.95. The second-order valence-corrected chi connectivity index (χ2v) is 5.88. The van der Waals surface area contributed by atoms with Crippen molar-refractivity contribution in [3.05, 3.63) is 89.5 Å². The second-order valence-electron chi connectivity index (χ2n) is 5.88. The molecule has 1 unspecified atom stereocenters. The smallest absolute Gasteiger partial charge is 0.270 e. The summed E-state index contributed by atoms with van der Waals surface area (Å²) < 4.78 is 40.2. The van der Waals surface area contributed by atoms with Gasteiger partial charge >= 0.3 is 0 Å². The number of hydrogen-bond donors (Lipinski definition) is 2. The van der Waals surface area contributed by atoms with Crippen molar-refractivity contribution in [3.63, 3.8) is 0 Å². The zero-order valence-corrected chi connectivity index (χ0v) is 14.3. The molecule has 4 nitrogen and oxygen atoms in total. The standard InChI is InChI=1S/C20H16F3N3O/c1-12(13-5-3-2-4-6-13)25-20(27)17-11-14(9-10-24-17)26-16-8-7-15(21)18(22)19(16)23/h2-12H,1H3,(H,24,26)(H,25,27). The molecule has 0 saturated heterocycles. The van der Waals surface area contributed by atoms with Gasteiger partial charge in [-0.2, -0.15) is 0 Å². The molecule has 2 N–H and O–H groups in total. The Morgan fingerprint density at radius 2 is 1.74 bits per heavy atom. The predicted molar refractivity (Wildman–Crippen MR) is 96.2 cm³/mol. The first-order chi connectivity index (χ1) is 13.0. The molecule has 1 heterocycles. The van der Waals surface area contributed by atoms with E-state index in [1.165, 1.54) is 18.3 Å². The van der Waals surface area contributed by atoms with Crippen LogP contribution in [0.5, 0.6) is 0 Å². The van der Waals surface area contributed by atoms with Crippen molar-refractivity contribution in [2.24, 2.45) is 0 Å². The molecule has 0 aliphatic rings. The summed E-state index contributed by atoms with van der Waals surface area (Å²) in [6, 6.07) is 13.9. The van der Waals surface area contributed by atoms with Gasteiger partial charge in [-0.3, -0.25) is 9.78 Å². The third kappa shape index (κ3) is 4.25. The van der Waals surface area contributed by atoms with E-state index in [1.54, 1.807) is 0 Å². The Morgan fingerprint density at radius 3 is 2.48 bits per heavy atom. The minimum Gasteiger partial charge on any atom is -0.353 e. The van der Waals surface area contributed by atoms with E-state index in [-0.39, 0.29) is 17.4 Å². The number of amides is 1. The molecule has 0 aliphatic heterocycles. The molecule has 27 heavy (non-hydrogen) atoms. The quantitative estimate of drug-likeness (QED) is 0.638. The summed E-state index contributed by atoms with van der Waals surface area (Å²) in [7, 11) is 0. The molecule has 0 aliphatic carbocycles. The molecule has 0 saturated carbocycles. The van der Waals surface area contributed by atoms with Crippen LogP contribution in [0.4, 0.5) is 24.5 Å². The van der Waals surface area contributed by atoms with E-state index in [0.717, 1.165) is 17.7 Å². The first-order valence-electron chi connectivity index (χ1n) is 8.18. The fraction of sp³-hybridized carbons (Fsp3) is 0.100. The highest BCUT2D eigenvalue weighted by atomic mass is 19.2. The van der Waals surface area contributed by atoms with Crippen LogP contribution in [0.15, 0.2) is 60.8 Å². The van der Waals surface area contributed by atoms with Crippen molar-refractivity contribution in [1.82, 2.24) is 10.3 Å². The molecular formula is C20H16F3N3O. The van der Waals surface area contributed by atoms with E-state index in [0.29, 0.717) is 5.69 Å². The van der Waals surface area contributed by atoms with Crippen LogP contribution in [0, 0.1) is 17.5 Å². The summed E-state index contributed by atoms with van der Waals surface area (Å²) in [6.07, 6.45) is 1.36. The monoisotopic (exact) mass is 371 g/mol. The van der Waals surface area contributed by atoms with Crippen LogP contribution in [0.25, 0.3) is 0 Å². The van der Waals surface area contributed by atoms with E-state index >= 15 is 0 Å². The van der Waals surface area contributed by atoms with Crippen LogP contribution in [-0.2, 0) is 0 Å². The number of nitrogens with one attached hydrogen (secondary N) is 2. The molecule has 0 spiro atoms. The Morgan fingerprint density at radius 1 is 1.00 bits per heavy atom. The predicted octanol–water partition coefficient (Wildman–Crippen LogP) is 4.73. The average molecular weight is 371 g/mol. The molecule has 7 heteroatoms. The summed E-state index contributed by atoms with van der Waals surface area (Å²) in [5.74, 6) is -4.59. The maximum Gasteiger partial charge on any atom is 0.270 e. The molecule has 1 amide bonds. The van der Waals surface area contributed by atoms with Gasteiger partial charge in [0.05, 0.1) is 11.7 Å². The van der Waals surface area contributed by atoms with E-state index in [9.17, 15) is 18.0 Å². The van der Waals surface area contributed by atoms with E-state index in [4.69, 9.17) is 0 Å². The summed E-state index contributed by atoms with van der Waals surface area (Å²) in [5, 5.41) is 5.44. The Balaban J connectivity index is 1.75. The highest BCUT2D eigenvalue weighted by Gasteiger charge is 2.15. The lowest BCUT2D eigenvalue weighted by Crippen LogP contribution is -2.27. The van der Waals surface area contributed by atoms with Gasteiger partial charge in [0.2, 0.25) is 0 Å². The Kier molecular flexibility index (Phi) is 5.40. The molecule has 0 radical (unpaired) electrons. The fourth-order valence-corrected chi connectivity index (χ4v) is 2.51. The van der Waals surface area contributed by atoms with Gasteiger partial charge in [-0.15, -0.1) is 0 Å². The Labute approximate surface area is 154 Å². The van der Waals surface area contributed by atoms with Crippen molar-refractivity contribution in [2.45, 2.75) is 13.0 Å². The number of halogens is 3. The summed E-state index contributed by atoms with van der Waals surface area (Å²) >= 11 is 0. The highest BCUT2D eigenvalue weighted by molar-refractivity contribution is 5.93. The van der Waals surface area contributed by atoms with Gasteiger partial charge in [-0.1, -0.05) is 30.3 Å². The number of pyridine rings is 1. The van der Waals surface area contributed by atoms with Crippen LogP contribution in [0.1, 0.15) is 29.0 Å². The lowest BCUT2D eigenvalue weighted by atomic mass is 10.1. The van der Waals surface area contributed by atoms with Crippen LogP contribution in [-0.4, -0.2) is 10.9 Å². The van der Waals surface area contributed by atoms with Crippen molar-refractivity contribution in [2.75, 3.05) is 5.32 Å². The van der Waals surface area contributed by atoms with E-state index in [1.807, 2.05) is 37.3 Å². The average Bonchev–Trinajstić information content (AvgIpc) is 2.69. The molecule has 2 aromatic carbocycles. The number of aromatic nitrogens is 1. The Bertz CT molecular complexity index is 964. The normalized spacial score (nSPS) is 11.7. The molecule has 0 bridgehead atoms. The maximum absolute atomic E-state index is 13.8. The molecule has 3 aromatic rings. The lowest BCUT2D eigenvalue weighted by molar-refractivity contribution is 0.0935. The fourth-order valence-electron chi connectivity index (χ4n) is 2.51. The first kappa shape index (κ1) is 18.4. The number of nitrogens with zero attached hydrogens (tertiary/aromatic N) is 1. The number of carbonyl (C=O) groups is 1. The third-order valence-corrected chi connectivity index (χ3v) is 3.95. The second kappa shape index (κ2) is 7.90. The van der Waals surface area contributed by atoms with E-state index in [2.05, 4.69) is 15.6 Å². The molecule has 3 rings (SSSR count). The zero-order chi connectivity index (χ0) is 19.4. The van der Waals surface area contributed by atoms with Crippen molar-refractivity contribution in [1.29, 1.82) is 0 Å². The molecular weight excluding hydrogens is 355 g/mol. The van der Waals surface area contributed by atoms with Gasteiger partial charge in [0.1, 0.15) is 5.69 Å². The van der Waals surface area contributed by atoms with Gasteiger partial charge in [-0.05, 0) is 36.8 Å². The summed E-state index contributed by atoms with van der Waals surface area (Å²) in [4.78, 5) is 16.4. The number of benzene rings is 2. The Hall–Kier alpha value is -3.35. The number of rotatable bonds is 5. The van der Waals surface area contributed by atoms with Crippen LogP contribution in [0.3, 0.4) is 0 Å². The number of anilines is 2. The summed E-state index contributed by atoms with van der Waals surface area (Å²) in [5.41, 5.74) is 1.10. The van der Waals surface area contributed by atoms with Gasteiger partial charge in [0.15, 0.2) is 17.5 Å². The maximum atomic E-state index is 13.8. The lowest BCUT2D eigenvalue weighted by Gasteiger charge is -2.14. The molecule has 1 atom stereocenters. The van der Waals surface area contributed by atoms with Gasteiger partial charge in [0, 0.05) is 11.9 Å². The number of hydrogen-bond acceptors (Lipinski definition) is 3. The van der Waals surface area contributed by atoms with Crippen molar-refractivity contribution in [3.8, 4) is 0 Å². The topological polar surface area (TPSA) is 54.0 Å². The minimum atomic E-state index is -1.57. The molecule has 1 aromatic heterocycles. The zero-order valence-electron chi connectivity index (χ0n) is 14.3. The first-order valence-corrected chi connectivity index (χ1v) is 8.18. The summed E-state index contributed by atoms with van der Waals surface area (Å²) in [6.45, 7) is 1.84. The number of carbonyl (C=O) groups excluding carboxylic acids is 1. The van der Waals surface area contributed by atoms with E-state index < -0.39 is 23.4 Å². The van der Waals surface area contributed by atoms with Gasteiger partial charge in [0.25, 0.3) is 5.91 Å². The van der Waals surface area contributed by atoms with Gasteiger partial charge in [-0.25, -0.2) is 13.2 Å². The van der Waals surface area contributed by atoms with Crippen molar-refractivity contribution < 1.29 is 18.0 Å². The van der Waals surface area contributed by atoms with Crippen molar-refractivity contribution >= 4 is 17.3 Å². The largest absolute Gasteiger partial charge is 0.353 e. The molecule has 138 valence electrons. The highest BCUT2D eigenvalue weighted by Crippen LogP contribution is 2.23. The van der Waals surface area contributed by atoms with Crippen LogP contribution in [0.2, 0.25) is 0 Å². The molecule has 0 fully saturated rings.